The van der Waals surface area contributed by atoms with E-state index in [0.29, 0.717) is 49.9 Å². The molecule has 2 aromatic carbocycles. The lowest BCUT2D eigenvalue weighted by Gasteiger charge is -2.36. The first kappa shape index (κ1) is 21.4. The number of carbonyl (C=O) groups is 1. The maximum atomic E-state index is 13.1. The third kappa shape index (κ3) is 4.17. The summed E-state index contributed by atoms with van der Waals surface area (Å²) in [6, 6.07) is 12.2. The average molecular weight is 468 g/mol. The molecular formula is C21H23Cl2N3O3S. The van der Waals surface area contributed by atoms with Crippen molar-refractivity contribution in [1.82, 2.24) is 9.21 Å². The van der Waals surface area contributed by atoms with Crippen molar-refractivity contribution in [2.24, 2.45) is 0 Å². The summed E-state index contributed by atoms with van der Waals surface area (Å²) in [4.78, 5) is 16.9. The highest BCUT2D eigenvalue weighted by Gasteiger charge is 2.31. The average Bonchev–Trinajstić information content (AvgIpc) is 3.30. The van der Waals surface area contributed by atoms with Gasteiger partial charge in [0.25, 0.3) is 5.91 Å². The number of nitrogens with zero attached hydrogens (tertiary/aromatic N) is 3. The molecule has 2 heterocycles. The lowest BCUT2D eigenvalue weighted by molar-refractivity contribution is 0.0746. The molecule has 0 unspecified atom stereocenters. The van der Waals surface area contributed by atoms with Gasteiger partial charge < -0.3 is 9.80 Å². The molecule has 2 saturated heterocycles. The second kappa shape index (κ2) is 8.75. The van der Waals surface area contributed by atoms with E-state index >= 15 is 0 Å². The van der Waals surface area contributed by atoms with Crippen LogP contribution in [0, 0.1) is 0 Å². The largest absolute Gasteiger partial charge is 0.367 e. The molecule has 2 aliphatic heterocycles. The zero-order valence-corrected chi connectivity index (χ0v) is 18.8. The molecule has 0 radical (unpaired) electrons. The molecular weight excluding hydrogens is 445 g/mol. The fraction of sp³-hybridized carbons (Fsp3) is 0.381. The highest BCUT2D eigenvalue weighted by atomic mass is 35.5. The van der Waals surface area contributed by atoms with Crippen LogP contribution < -0.4 is 4.90 Å². The molecule has 9 heteroatoms. The molecule has 0 bridgehead atoms. The van der Waals surface area contributed by atoms with E-state index in [4.69, 9.17) is 23.2 Å². The number of carbonyl (C=O) groups excluding carboxylic acids is 1. The fourth-order valence-electron chi connectivity index (χ4n) is 3.94. The normalized spacial score (nSPS) is 18.1. The number of benzene rings is 2. The lowest BCUT2D eigenvalue weighted by atomic mass is 10.1. The van der Waals surface area contributed by atoms with Crippen molar-refractivity contribution < 1.29 is 13.2 Å². The van der Waals surface area contributed by atoms with Crippen LogP contribution in [0.3, 0.4) is 0 Å². The van der Waals surface area contributed by atoms with E-state index in [0.717, 1.165) is 18.5 Å². The predicted molar refractivity (Wildman–Crippen MR) is 119 cm³/mol. The van der Waals surface area contributed by atoms with Crippen LogP contribution in [0.1, 0.15) is 23.2 Å². The fourth-order valence-corrected chi connectivity index (χ4v) is 6.22. The number of anilines is 1. The van der Waals surface area contributed by atoms with Crippen molar-refractivity contribution in [3.05, 3.63) is 58.1 Å². The number of hydrogen-bond donors (Lipinski definition) is 0. The molecule has 0 spiro atoms. The van der Waals surface area contributed by atoms with Gasteiger partial charge in [-0.1, -0.05) is 35.3 Å². The van der Waals surface area contributed by atoms with E-state index in [9.17, 15) is 13.2 Å². The molecule has 0 N–H and O–H groups in total. The Morgan fingerprint density at radius 3 is 2.17 bits per heavy atom. The van der Waals surface area contributed by atoms with E-state index in [-0.39, 0.29) is 15.8 Å². The Labute approximate surface area is 187 Å². The molecule has 30 heavy (non-hydrogen) atoms. The van der Waals surface area contributed by atoms with Gasteiger partial charge in [0.05, 0.1) is 15.7 Å². The van der Waals surface area contributed by atoms with Crippen LogP contribution >= 0.6 is 23.2 Å². The minimum Gasteiger partial charge on any atom is -0.367 e. The maximum absolute atomic E-state index is 13.1. The van der Waals surface area contributed by atoms with Crippen LogP contribution in [0.5, 0.6) is 0 Å². The number of halogens is 2. The quantitative estimate of drug-likeness (QED) is 0.686. The number of para-hydroxylation sites is 1. The van der Waals surface area contributed by atoms with Gasteiger partial charge >= 0.3 is 0 Å². The van der Waals surface area contributed by atoms with Crippen LogP contribution in [0.2, 0.25) is 10.0 Å². The summed E-state index contributed by atoms with van der Waals surface area (Å²) in [5.41, 5.74) is 1.29. The van der Waals surface area contributed by atoms with Crippen LogP contribution in [0.4, 0.5) is 5.69 Å². The highest BCUT2D eigenvalue weighted by molar-refractivity contribution is 7.89. The SMILES string of the molecule is O=C(c1ccc(Cl)c(S(=O)(=O)N2CCCC2)c1)N1CCN(c2ccccc2Cl)CC1. The molecule has 1 amide bonds. The Morgan fingerprint density at radius 1 is 0.833 bits per heavy atom. The van der Waals surface area contributed by atoms with E-state index in [1.165, 1.54) is 16.4 Å². The standard InChI is InChI=1S/C21H23Cl2N3O3S/c22-17-5-1-2-6-19(17)24-11-13-25(14-12-24)21(27)16-7-8-18(23)20(15-16)30(28,29)26-9-3-4-10-26/h1-2,5-8,15H,3-4,9-14H2. The molecule has 0 atom stereocenters. The van der Waals surface area contributed by atoms with E-state index < -0.39 is 10.0 Å². The molecule has 6 nitrogen and oxygen atoms in total. The first-order valence-electron chi connectivity index (χ1n) is 9.96. The van der Waals surface area contributed by atoms with Gasteiger partial charge in [-0.25, -0.2) is 8.42 Å². The monoisotopic (exact) mass is 467 g/mol. The Kier molecular flexibility index (Phi) is 6.25. The van der Waals surface area contributed by atoms with Gasteiger partial charge in [0.1, 0.15) is 4.90 Å². The first-order chi connectivity index (χ1) is 14.4. The Bertz CT molecular complexity index is 1050. The van der Waals surface area contributed by atoms with Gasteiger partial charge in [0, 0.05) is 44.8 Å². The van der Waals surface area contributed by atoms with Crippen molar-refractivity contribution in [2.75, 3.05) is 44.2 Å². The van der Waals surface area contributed by atoms with Crippen LogP contribution in [-0.2, 0) is 10.0 Å². The van der Waals surface area contributed by atoms with Crippen molar-refractivity contribution in [3.8, 4) is 0 Å². The zero-order valence-electron chi connectivity index (χ0n) is 16.4. The molecule has 0 saturated carbocycles. The van der Waals surface area contributed by atoms with E-state index in [1.54, 1.807) is 11.0 Å². The van der Waals surface area contributed by atoms with Gasteiger partial charge in [-0.15, -0.1) is 0 Å². The second-order valence-electron chi connectivity index (χ2n) is 7.49. The van der Waals surface area contributed by atoms with Gasteiger partial charge in [0.15, 0.2) is 0 Å². The number of sulfonamides is 1. The summed E-state index contributed by atoms with van der Waals surface area (Å²) in [6.45, 7) is 3.34. The summed E-state index contributed by atoms with van der Waals surface area (Å²) in [5, 5.41) is 0.828. The number of rotatable bonds is 4. The molecule has 2 fully saturated rings. The second-order valence-corrected chi connectivity index (χ2v) is 10.2. The third-order valence-corrected chi connectivity index (χ3v) is 8.32. The molecule has 160 valence electrons. The lowest BCUT2D eigenvalue weighted by Crippen LogP contribution is -2.48. The molecule has 0 aromatic heterocycles. The number of piperazine rings is 1. The summed E-state index contributed by atoms with van der Waals surface area (Å²) >= 11 is 12.5. The maximum Gasteiger partial charge on any atom is 0.254 e. The smallest absolute Gasteiger partial charge is 0.254 e. The predicted octanol–water partition coefficient (Wildman–Crippen LogP) is 3.74. The van der Waals surface area contributed by atoms with Crippen LogP contribution in [-0.4, -0.2) is 62.8 Å². The minimum absolute atomic E-state index is 0.00613. The molecule has 2 aliphatic rings. The van der Waals surface area contributed by atoms with Gasteiger partial charge in [-0.05, 0) is 43.2 Å². The number of amides is 1. The van der Waals surface area contributed by atoms with Gasteiger partial charge in [-0.3, -0.25) is 4.79 Å². The van der Waals surface area contributed by atoms with Crippen molar-refractivity contribution in [1.29, 1.82) is 0 Å². The minimum atomic E-state index is -3.70. The van der Waals surface area contributed by atoms with E-state index in [1.807, 2.05) is 24.3 Å². The summed E-state index contributed by atoms with van der Waals surface area (Å²) in [7, 11) is -3.70. The molecule has 4 rings (SSSR count). The van der Waals surface area contributed by atoms with Crippen molar-refractivity contribution in [3.63, 3.8) is 0 Å². The Hall–Kier alpha value is -1.80. The van der Waals surface area contributed by atoms with Crippen LogP contribution in [0.25, 0.3) is 0 Å². The molecule has 2 aromatic rings. The Balaban J connectivity index is 1.50. The van der Waals surface area contributed by atoms with Gasteiger partial charge in [-0.2, -0.15) is 4.31 Å². The third-order valence-electron chi connectivity index (χ3n) is 5.62. The molecule has 0 aliphatic carbocycles. The first-order valence-corrected chi connectivity index (χ1v) is 12.2. The highest BCUT2D eigenvalue weighted by Crippen LogP contribution is 2.29. The van der Waals surface area contributed by atoms with E-state index in [2.05, 4.69) is 4.90 Å². The van der Waals surface area contributed by atoms with Crippen LogP contribution in [0.15, 0.2) is 47.4 Å². The van der Waals surface area contributed by atoms with Crippen molar-refractivity contribution in [2.45, 2.75) is 17.7 Å². The summed E-state index contributed by atoms with van der Waals surface area (Å²) in [5.74, 6) is -0.191. The summed E-state index contributed by atoms with van der Waals surface area (Å²) < 4.78 is 27.3. The summed E-state index contributed by atoms with van der Waals surface area (Å²) in [6.07, 6.45) is 1.68. The number of hydrogen-bond acceptors (Lipinski definition) is 4. The topological polar surface area (TPSA) is 60.9 Å². The zero-order chi connectivity index (χ0) is 21.3. The van der Waals surface area contributed by atoms with Crippen molar-refractivity contribution >= 4 is 44.8 Å². The van der Waals surface area contributed by atoms with Gasteiger partial charge in [0.2, 0.25) is 10.0 Å². The Morgan fingerprint density at radius 2 is 1.50 bits per heavy atom.